The molecule has 0 unspecified atom stereocenters. The van der Waals surface area contributed by atoms with Gasteiger partial charge < -0.3 is 15.4 Å². The van der Waals surface area contributed by atoms with Crippen LogP contribution in [0, 0.1) is 0 Å². The summed E-state index contributed by atoms with van der Waals surface area (Å²) >= 11 is 0. The summed E-state index contributed by atoms with van der Waals surface area (Å²) in [6.45, 7) is 1.76. The second kappa shape index (κ2) is 4.53. The van der Waals surface area contributed by atoms with Crippen molar-refractivity contribution in [3.05, 3.63) is 24.3 Å². The van der Waals surface area contributed by atoms with Gasteiger partial charge in [0, 0.05) is 37.7 Å². The number of benzene rings is 1. The van der Waals surface area contributed by atoms with Gasteiger partial charge in [-0.1, -0.05) is 0 Å². The minimum Gasteiger partial charge on any atom is -0.399 e. The SMILES string of the molecule is CN(c1ccc(N)cc1)C1CCOCC1. The zero-order chi connectivity index (χ0) is 10.7. The summed E-state index contributed by atoms with van der Waals surface area (Å²) in [6.07, 6.45) is 2.22. The average Bonchev–Trinajstić information content (AvgIpc) is 2.30. The Balaban J connectivity index is 2.05. The van der Waals surface area contributed by atoms with Gasteiger partial charge in [-0.15, -0.1) is 0 Å². The fraction of sp³-hybridized carbons (Fsp3) is 0.500. The molecule has 1 aromatic rings. The molecule has 2 N–H and O–H groups in total. The largest absolute Gasteiger partial charge is 0.399 e. The molecule has 1 fully saturated rings. The smallest absolute Gasteiger partial charge is 0.0485 e. The van der Waals surface area contributed by atoms with Crippen molar-refractivity contribution in [1.82, 2.24) is 0 Å². The maximum absolute atomic E-state index is 5.67. The molecular formula is C12H18N2O. The molecular weight excluding hydrogens is 188 g/mol. The molecule has 0 saturated carbocycles. The molecule has 1 heterocycles. The summed E-state index contributed by atoms with van der Waals surface area (Å²) in [4.78, 5) is 2.32. The first-order chi connectivity index (χ1) is 7.27. The molecule has 0 aromatic heterocycles. The number of rotatable bonds is 2. The third-order valence-electron chi connectivity index (χ3n) is 3.04. The first kappa shape index (κ1) is 10.3. The Hall–Kier alpha value is -1.22. The lowest BCUT2D eigenvalue weighted by molar-refractivity contribution is 0.0855. The zero-order valence-corrected chi connectivity index (χ0v) is 9.15. The first-order valence-corrected chi connectivity index (χ1v) is 5.43. The van der Waals surface area contributed by atoms with Crippen LogP contribution in [0.4, 0.5) is 11.4 Å². The molecule has 1 saturated heterocycles. The third-order valence-corrected chi connectivity index (χ3v) is 3.04. The van der Waals surface area contributed by atoms with Crippen molar-refractivity contribution in [1.29, 1.82) is 0 Å². The van der Waals surface area contributed by atoms with Gasteiger partial charge in [-0.05, 0) is 37.1 Å². The Labute approximate surface area is 90.8 Å². The molecule has 82 valence electrons. The molecule has 3 heteroatoms. The maximum Gasteiger partial charge on any atom is 0.0485 e. The molecule has 0 spiro atoms. The quantitative estimate of drug-likeness (QED) is 0.751. The van der Waals surface area contributed by atoms with Gasteiger partial charge in [-0.25, -0.2) is 0 Å². The molecule has 2 rings (SSSR count). The average molecular weight is 206 g/mol. The second-order valence-corrected chi connectivity index (χ2v) is 4.05. The van der Waals surface area contributed by atoms with Crippen LogP contribution >= 0.6 is 0 Å². The van der Waals surface area contributed by atoms with E-state index in [2.05, 4.69) is 24.1 Å². The lowest BCUT2D eigenvalue weighted by atomic mass is 10.1. The van der Waals surface area contributed by atoms with Crippen LogP contribution in [0.1, 0.15) is 12.8 Å². The summed E-state index contributed by atoms with van der Waals surface area (Å²) < 4.78 is 5.36. The van der Waals surface area contributed by atoms with Crippen molar-refractivity contribution in [2.75, 3.05) is 30.9 Å². The molecule has 0 bridgehead atoms. The van der Waals surface area contributed by atoms with Crippen LogP contribution in [-0.2, 0) is 4.74 Å². The van der Waals surface area contributed by atoms with Crippen LogP contribution < -0.4 is 10.6 Å². The number of anilines is 2. The van der Waals surface area contributed by atoms with Crippen LogP contribution in [0.5, 0.6) is 0 Å². The van der Waals surface area contributed by atoms with Gasteiger partial charge in [0.25, 0.3) is 0 Å². The highest BCUT2D eigenvalue weighted by Crippen LogP contribution is 2.21. The van der Waals surface area contributed by atoms with Crippen LogP contribution in [0.3, 0.4) is 0 Å². The molecule has 0 amide bonds. The van der Waals surface area contributed by atoms with Gasteiger partial charge in [-0.2, -0.15) is 0 Å². The van der Waals surface area contributed by atoms with Gasteiger partial charge in [0.2, 0.25) is 0 Å². The van der Waals surface area contributed by atoms with Gasteiger partial charge in [0.1, 0.15) is 0 Å². The Bertz CT molecular complexity index is 304. The predicted molar refractivity (Wildman–Crippen MR) is 63.1 cm³/mol. The normalized spacial score (nSPS) is 17.7. The van der Waals surface area contributed by atoms with Gasteiger partial charge in [0.05, 0.1) is 0 Å². The molecule has 1 aliphatic rings. The van der Waals surface area contributed by atoms with Crippen molar-refractivity contribution >= 4 is 11.4 Å². The molecule has 0 aliphatic carbocycles. The van der Waals surface area contributed by atoms with Crippen LogP contribution in [0.15, 0.2) is 24.3 Å². The molecule has 0 atom stereocenters. The van der Waals surface area contributed by atoms with E-state index in [4.69, 9.17) is 10.5 Å². The summed E-state index contributed by atoms with van der Waals surface area (Å²) in [5.74, 6) is 0. The fourth-order valence-electron chi connectivity index (χ4n) is 1.99. The van der Waals surface area contributed by atoms with Gasteiger partial charge in [0.15, 0.2) is 0 Å². The van der Waals surface area contributed by atoms with E-state index >= 15 is 0 Å². The standard InChI is InChI=1S/C12H18N2O/c1-14(12-6-8-15-9-7-12)11-4-2-10(13)3-5-11/h2-5,12H,6-9,13H2,1H3. The van der Waals surface area contributed by atoms with E-state index in [1.165, 1.54) is 5.69 Å². The minimum atomic E-state index is 0.599. The highest BCUT2D eigenvalue weighted by Gasteiger charge is 2.18. The summed E-state index contributed by atoms with van der Waals surface area (Å²) in [5.41, 5.74) is 7.72. The van der Waals surface area contributed by atoms with E-state index in [0.717, 1.165) is 31.7 Å². The van der Waals surface area contributed by atoms with Gasteiger partial charge >= 0.3 is 0 Å². The number of nitrogen functional groups attached to an aromatic ring is 1. The monoisotopic (exact) mass is 206 g/mol. The van der Waals surface area contributed by atoms with Crippen LogP contribution in [0.25, 0.3) is 0 Å². The summed E-state index contributed by atoms with van der Waals surface area (Å²) in [6, 6.07) is 8.65. The number of hydrogen-bond donors (Lipinski definition) is 1. The van der Waals surface area contributed by atoms with E-state index in [9.17, 15) is 0 Å². The number of ether oxygens (including phenoxy) is 1. The highest BCUT2D eigenvalue weighted by atomic mass is 16.5. The molecule has 1 aliphatic heterocycles. The highest BCUT2D eigenvalue weighted by molar-refractivity contribution is 5.53. The molecule has 0 radical (unpaired) electrons. The Morgan fingerprint density at radius 3 is 2.40 bits per heavy atom. The van der Waals surface area contributed by atoms with E-state index in [1.807, 2.05) is 12.1 Å². The van der Waals surface area contributed by atoms with E-state index in [0.29, 0.717) is 6.04 Å². The van der Waals surface area contributed by atoms with Crippen molar-refractivity contribution in [3.8, 4) is 0 Å². The predicted octanol–water partition coefficient (Wildman–Crippen LogP) is 1.88. The van der Waals surface area contributed by atoms with E-state index in [1.54, 1.807) is 0 Å². The Kier molecular flexibility index (Phi) is 3.11. The van der Waals surface area contributed by atoms with Crippen molar-refractivity contribution < 1.29 is 4.74 Å². The molecule has 15 heavy (non-hydrogen) atoms. The number of nitrogens with two attached hydrogens (primary N) is 1. The van der Waals surface area contributed by atoms with Crippen LogP contribution in [-0.4, -0.2) is 26.3 Å². The molecule has 1 aromatic carbocycles. The minimum absolute atomic E-state index is 0.599. The van der Waals surface area contributed by atoms with E-state index in [-0.39, 0.29) is 0 Å². The lowest BCUT2D eigenvalue weighted by Crippen LogP contribution is -2.36. The number of hydrogen-bond acceptors (Lipinski definition) is 3. The van der Waals surface area contributed by atoms with Crippen LogP contribution in [0.2, 0.25) is 0 Å². The van der Waals surface area contributed by atoms with Crippen molar-refractivity contribution in [2.24, 2.45) is 0 Å². The number of nitrogens with zero attached hydrogens (tertiary/aromatic N) is 1. The van der Waals surface area contributed by atoms with E-state index < -0.39 is 0 Å². The summed E-state index contributed by atoms with van der Waals surface area (Å²) in [5, 5.41) is 0. The zero-order valence-electron chi connectivity index (χ0n) is 9.15. The van der Waals surface area contributed by atoms with Crippen molar-refractivity contribution in [2.45, 2.75) is 18.9 Å². The topological polar surface area (TPSA) is 38.5 Å². The maximum atomic E-state index is 5.67. The van der Waals surface area contributed by atoms with Crippen molar-refractivity contribution in [3.63, 3.8) is 0 Å². The molecule has 3 nitrogen and oxygen atoms in total. The van der Waals surface area contributed by atoms with Gasteiger partial charge in [-0.3, -0.25) is 0 Å². The first-order valence-electron chi connectivity index (χ1n) is 5.43. The summed E-state index contributed by atoms with van der Waals surface area (Å²) in [7, 11) is 2.14. The third kappa shape index (κ3) is 2.42. The second-order valence-electron chi connectivity index (χ2n) is 4.05. The Morgan fingerprint density at radius 2 is 1.80 bits per heavy atom. The Morgan fingerprint density at radius 1 is 1.20 bits per heavy atom. The fourth-order valence-corrected chi connectivity index (χ4v) is 1.99. The lowest BCUT2D eigenvalue weighted by Gasteiger charge is -2.32.